The molecule has 0 saturated heterocycles. The number of aromatic nitrogens is 1. The molecule has 1 N–H and O–H groups in total. The molecule has 0 saturated carbocycles. The zero-order chi connectivity index (χ0) is 8.55. The van der Waals surface area contributed by atoms with Crippen LogP contribution in [0, 0.1) is 0 Å². The summed E-state index contributed by atoms with van der Waals surface area (Å²) in [6.07, 6.45) is 2.44. The van der Waals surface area contributed by atoms with Gasteiger partial charge in [-0.2, -0.15) is 0 Å². The number of carboxylic acid groups (broad SMARTS) is 1. The maximum absolute atomic E-state index is 10.5. The average molecular weight is 182 g/mol. The molecule has 0 atom stereocenters. The fourth-order valence-electron chi connectivity index (χ4n) is 1.06. The summed E-state index contributed by atoms with van der Waals surface area (Å²) >= 11 is 1.22. The summed E-state index contributed by atoms with van der Waals surface area (Å²) in [5, 5.41) is 8.81. The average Bonchev–Trinajstić information content (AvgIpc) is 2.46. The van der Waals surface area contributed by atoms with E-state index in [-0.39, 0.29) is 5.01 Å². The van der Waals surface area contributed by atoms with Crippen LogP contribution in [0.5, 0.6) is 0 Å². The van der Waals surface area contributed by atoms with E-state index in [1.54, 1.807) is 6.21 Å². The maximum atomic E-state index is 10.5. The number of aromatic carboxylic acids is 1. The Morgan fingerprint density at radius 1 is 1.67 bits per heavy atom. The predicted molar refractivity (Wildman–Crippen MR) is 45.0 cm³/mol. The third-order valence-corrected chi connectivity index (χ3v) is 2.68. The van der Waals surface area contributed by atoms with Gasteiger partial charge in [-0.15, -0.1) is 11.3 Å². The number of carboxylic acids is 1. The van der Waals surface area contributed by atoms with Crippen LogP contribution < -0.4 is 0 Å². The SMILES string of the molecule is O=C(O)c1nc2c(s1)CN=CC2. The van der Waals surface area contributed by atoms with Crippen LogP contribution in [0.15, 0.2) is 4.99 Å². The van der Waals surface area contributed by atoms with Crippen LogP contribution in [0.25, 0.3) is 0 Å². The van der Waals surface area contributed by atoms with Gasteiger partial charge in [0.05, 0.1) is 17.1 Å². The van der Waals surface area contributed by atoms with E-state index in [0.29, 0.717) is 13.0 Å². The van der Waals surface area contributed by atoms with Crippen molar-refractivity contribution in [3.63, 3.8) is 0 Å². The van der Waals surface area contributed by atoms with Gasteiger partial charge in [0.1, 0.15) is 0 Å². The molecule has 0 amide bonds. The van der Waals surface area contributed by atoms with Gasteiger partial charge >= 0.3 is 5.97 Å². The highest BCUT2D eigenvalue weighted by Gasteiger charge is 2.16. The van der Waals surface area contributed by atoms with Gasteiger partial charge in [-0.25, -0.2) is 9.78 Å². The lowest BCUT2D eigenvalue weighted by Crippen LogP contribution is -1.99. The molecule has 0 radical (unpaired) electrons. The zero-order valence-corrected chi connectivity index (χ0v) is 6.97. The summed E-state index contributed by atoms with van der Waals surface area (Å²) < 4.78 is 0. The number of thiazole rings is 1. The first-order valence-corrected chi connectivity index (χ1v) is 4.29. The third-order valence-electron chi connectivity index (χ3n) is 1.61. The second-order valence-electron chi connectivity index (χ2n) is 2.42. The highest BCUT2D eigenvalue weighted by atomic mass is 32.1. The van der Waals surface area contributed by atoms with E-state index in [2.05, 4.69) is 9.98 Å². The van der Waals surface area contributed by atoms with Crippen molar-refractivity contribution in [3.05, 3.63) is 15.6 Å². The smallest absolute Gasteiger partial charge is 0.365 e. The molecule has 1 aromatic rings. The minimum Gasteiger partial charge on any atom is -0.476 e. The molecule has 12 heavy (non-hydrogen) atoms. The molecule has 0 bridgehead atoms. The third kappa shape index (κ3) is 1.12. The van der Waals surface area contributed by atoms with E-state index in [9.17, 15) is 4.79 Å². The van der Waals surface area contributed by atoms with Crippen molar-refractivity contribution < 1.29 is 9.90 Å². The van der Waals surface area contributed by atoms with Crippen molar-refractivity contribution in [3.8, 4) is 0 Å². The van der Waals surface area contributed by atoms with Crippen LogP contribution >= 0.6 is 11.3 Å². The van der Waals surface area contributed by atoms with Crippen LogP contribution in [0.1, 0.15) is 20.4 Å². The van der Waals surface area contributed by atoms with E-state index in [1.165, 1.54) is 11.3 Å². The van der Waals surface area contributed by atoms with Gasteiger partial charge in [0.2, 0.25) is 5.01 Å². The quantitative estimate of drug-likeness (QED) is 0.703. The second kappa shape index (κ2) is 2.67. The Morgan fingerprint density at radius 2 is 2.50 bits per heavy atom. The highest BCUT2D eigenvalue weighted by molar-refractivity contribution is 7.13. The van der Waals surface area contributed by atoms with Crippen LogP contribution in [0.2, 0.25) is 0 Å². The van der Waals surface area contributed by atoms with Crippen molar-refractivity contribution in [2.75, 3.05) is 0 Å². The molecule has 1 aromatic heterocycles. The van der Waals surface area contributed by atoms with Gasteiger partial charge < -0.3 is 5.11 Å². The van der Waals surface area contributed by atoms with Gasteiger partial charge in [0.15, 0.2) is 0 Å². The molecule has 2 heterocycles. The Bertz CT molecular complexity index is 331. The van der Waals surface area contributed by atoms with Gasteiger partial charge in [0, 0.05) is 12.6 Å². The first-order chi connectivity index (χ1) is 5.77. The molecule has 62 valence electrons. The molecule has 0 aromatic carbocycles. The number of aliphatic imine (C=N–C) groups is 1. The molecule has 0 spiro atoms. The molecular formula is C7H6N2O2S. The van der Waals surface area contributed by atoms with Crippen molar-refractivity contribution in [2.45, 2.75) is 13.0 Å². The number of fused-ring (bicyclic) bond motifs is 1. The van der Waals surface area contributed by atoms with Crippen molar-refractivity contribution in [1.29, 1.82) is 0 Å². The Labute approximate surface area is 72.6 Å². The number of hydrogen-bond acceptors (Lipinski definition) is 4. The molecule has 2 rings (SSSR count). The predicted octanol–water partition coefficient (Wildman–Crippen LogP) is 0.968. The standard InChI is InChI=1S/C7H6N2O2S/c10-7(11)6-9-4-1-2-8-3-5(4)12-6/h2H,1,3H2,(H,10,11). The monoisotopic (exact) mass is 182 g/mol. The van der Waals surface area contributed by atoms with Crippen LogP contribution in [0.4, 0.5) is 0 Å². The first-order valence-electron chi connectivity index (χ1n) is 3.47. The van der Waals surface area contributed by atoms with E-state index in [0.717, 1.165) is 10.6 Å². The maximum Gasteiger partial charge on any atom is 0.365 e. The van der Waals surface area contributed by atoms with E-state index in [1.807, 2.05) is 0 Å². The van der Waals surface area contributed by atoms with E-state index < -0.39 is 5.97 Å². The van der Waals surface area contributed by atoms with Gasteiger partial charge in [-0.05, 0) is 0 Å². The summed E-state index contributed by atoms with van der Waals surface area (Å²) in [6, 6.07) is 0. The Hall–Kier alpha value is -1.23. The molecule has 1 aliphatic rings. The number of nitrogens with zero attached hydrogens (tertiary/aromatic N) is 2. The zero-order valence-electron chi connectivity index (χ0n) is 6.15. The molecule has 1 aliphatic heterocycles. The summed E-state index contributed by atoms with van der Waals surface area (Å²) in [6.45, 7) is 0.584. The molecule has 5 heteroatoms. The molecule has 0 fully saturated rings. The highest BCUT2D eigenvalue weighted by Crippen LogP contribution is 2.21. The molecule has 4 nitrogen and oxygen atoms in total. The van der Waals surface area contributed by atoms with Crippen LogP contribution in [-0.2, 0) is 13.0 Å². The second-order valence-corrected chi connectivity index (χ2v) is 3.51. The topological polar surface area (TPSA) is 62.5 Å². The fraction of sp³-hybridized carbons (Fsp3) is 0.286. The lowest BCUT2D eigenvalue weighted by atomic mass is 10.2. The minimum absolute atomic E-state index is 0.172. The number of hydrogen-bond donors (Lipinski definition) is 1. The van der Waals surface area contributed by atoms with Crippen LogP contribution in [-0.4, -0.2) is 22.3 Å². The lowest BCUT2D eigenvalue weighted by Gasteiger charge is -1.99. The number of carbonyl (C=O) groups is 1. The summed E-state index contributed by atoms with van der Waals surface area (Å²) in [5.41, 5.74) is 0.868. The van der Waals surface area contributed by atoms with E-state index in [4.69, 9.17) is 5.11 Å². The summed E-state index contributed by atoms with van der Waals surface area (Å²) in [7, 11) is 0. The Balaban J connectivity index is 2.41. The lowest BCUT2D eigenvalue weighted by molar-refractivity contribution is 0.0696. The van der Waals surface area contributed by atoms with Crippen molar-refractivity contribution in [2.24, 2.45) is 4.99 Å². The van der Waals surface area contributed by atoms with Crippen molar-refractivity contribution in [1.82, 2.24) is 4.98 Å². The van der Waals surface area contributed by atoms with Gasteiger partial charge in [-0.3, -0.25) is 4.99 Å². The first kappa shape index (κ1) is 7.42. The fourth-order valence-corrected chi connectivity index (χ4v) is 1.92. The van der Waals surface area contributed by atoms with E-state index >= 15 is 0 Å². The molecule has 0 aliphatic carbocycles. The largest absolute Gasteiger partial charge is 0.476 e. The molecule has 0 unspecified atom stereocenters. The summed E-state index contributed by atoms with van der Waals surface area (Å²) in [4.78, 5) is 19.5. The van der Waals surface area contributed by atoms with Crippen LogP contribution in [0.3, 0.4) is 0 Å². The minimum atomic E-state index is -0.950. The van der Waals surface area contributed by atoms with Crippen molar-refractivity contribution >= 4 is 23.5 Å². The van der Waals surface area contributed by atoms with Gasteiger partial charge in [-0.1, -0.05) is 0 Å². The van der Waals surface area contributed by atoms with Gasteiger partial charge in [0.25, 0.3) is 0 Å². The Kier molecular flexibility index (Phi) is 1.65. The molecular weight excluding hydrogens is 176 g/mol. The summed E-state index contributed by atoms with van der Waals surface area (Å²) in [5.74, 6) is -0.950. The Morgan fingerprint density at radius 3 is 3.17 bits per heavy atom. The normalized spacial score (nSPS) is 14.3. The number of rotatable bonds is 1.